The monoisotopic (exact) mass is 315 g/mol. The highest BCUT2D eigenvalue weighted by molar-refractivity contribution is 7.99. The Labute approximate surface area is 133 Å². The van der Waals surface area contributed by atoms with Crippen molar-refractivity contribution in [2.75, 3.05) is 12.9 Å². The van der Waals surface area contributed by atoms with Gasteiger partial charge in [0.05, 0.1) is 13.4 Å². The molecular weight excluding hydrogens is 298 g/mol. The maximum absolute atomic E-state index is 5.26. The summed E-state index contributed by atoms with van der Waals surface area (Å²) in [6, 6.07) is 7.84. The standard InChI is InChI=1S/C15H17N5OS/c1-19-14(12-4-3-5-13(10-12)21-2)17-18-15(19)22-9-8-20-7-6-16-11-20/h3-7,10-11H,8-9H2,1-2H3. The molecule has 6 nitrogen and oxygen atoms in total. The molecule has 0 aliphatic carbocycles. The van der Waals surface area contributed by atoms with E-state index in [2.05, 4.69) is 15.2 Å². The average Bonchev–Trinajstić information content (AvgIpc) is 3.18. The molecule has 0 fully saturated rings. The summed E-state index contributed by atoms with van der Waals surface area (Å²) in [5.41, 5.74) is 0.996. The summed E-state index contributed by atoms with van der Waals surface area (Å²) >= 11 is 1.68. The lowest BCUT2D eigenvalue weighted by Gasteiger charge is -2.06. The molecule has 1 aromatic carbocycles. The highest BCUT2D eigenvalue weighted by Crippen LogP contribution is 2.25. The first-order valence-corrected chi connectivity index (χ1v) is 7.89. The Morgan fingerprint density at radius 3 is 2.95 bits per heavy atom. The van der Waals surface area contributed by atoms with Crippen molar-refractivity contribution in [3.63, 3.8) is 0 Å². The van der Waals surface area contributed by atoms with E-state index in [-0.39, 0.29) is 0 Å². The second-order valence-corrected chi connectivity index (χ2v) is 5.81. The largest absolute Gasteiger partial charge is 0.497 e. The maximum atomic E-state index is 5.26. The zero-order valence-electron chi connectivity index (χ0n) is 12.5. The number of thioether (sulfide) groups is 1. The van der Waals surface area contributed by atoms with Crippen molar-refractivity contribution in [3.8, 4) is 17.1 Å². The van der Waals surface area contributed by atoms with Crippen LogP contribution in [0.4, 0.5) is 0 Å². The van der Waals surface area contributed by atoms with Crippen molar-refractivity contribution in [2.45, 2.75) is 11.7 Å². The molecule has 0 atom stereocenters. The van der Waals surface area contributed by atoms with Gasteiger partial charge in [-0.25, -0.2) is 4.98 Å². The Balaban J connectivity index is 1.71. The van der Waals surface area contributed by atoms with Crippen LogP contribution in [0, 0.1) is 0 Å². The first kappa shape index (κ1) is 14.6. The van der Waals surface area contributed by atoms with Gasteiger partial charge in [-0.05, 0) is 12.1 Å². The first-order chi connectivity index (χ1) is 10.8. The van der Waals surface area contributed by atoms with Crippen LogP contribution < -0.4 is 4.74 Å². The highest BCUT2D eigenvalue weighted by atomic mass is 32.2. The summed E-state index contributed by atoms with van der Waals surface area (Å²) in [7, 11) is 3.64. The molecule has 2 heterocycles. The summed E-state index contributed by atoms with van der Waals surface area (Å²) in [6.07, 6.45) is 5.56. The average molecular weight is 315 g/mol. The van der Waals surface area contributed by atoms with Crippen LogP contribution in [0.3, 0.4) is 0 Å². The van der Waals surface area contributed by atoms with Crippen molar-refractivity contribution in [1.82, 2.24) is 24.3 Å². The van der Waals surface area contributed by atoms with Crippen LogP contribution in [0.15, 0.2) is 48.1 Å². The van der Waals surface area contributed by atoms with E-state index in [0.717, 1.165) is 34.6 Å². The minimum atomic E-state index is 0.815. The second kappa shape index (κ2) is 6.65. The predicted octanol–water partition coefficient (Wildman–Crippen LogP) is 2.48. The summed E-state index contributed by atoms with van der Waals surface area (Å²) in [6.45, 7) is 0.895. The molecule has 7 heteroatoms. The number of imidazole rings is 1. The van der Waals surface area contributed by atoms with Crippen molar-refractivity contribution < 1.29 is 4.74 Å². The molecule has 0 unspecified atom stereocenters. The van der Waals surface area contributed by atoms with Crippen LogP contribution in [0.25, 0.3) is 11.4 Å². The fourth-order valence-corrected chi connectivity index (χ4v) is 2.98. The molecule has 3 rings (SSSR count). The van der Waals surface area contributed by atoms with E-state index in [0.29, 0.717) is 0 Å². The predicted molar refractivity (Wildman–Crippen MR) is 85.9 cm³/mol. The molecule has 0 radical (unpaired) electrons. The third-order valence-corrected chi connectivity index (χ3v) is 4.30. The van der Waals surface area contributed by atoms with Gasteiger partial charge in [0, 0.05) is 37.3 Å². The number of rotatable bonds is 6. The number of aromatic nitrogens is 5. The summed E-state index contributed by atoms with van der Waals surface area (Å²) in [5.74, 6) is 2.57. The van der Waals surface area contributed by atoms with Crippen molar-refractivity contribution >= 4 is 11.8 Å². The molecule has 2 aromatic heterocycles. The fraction of sp³-hybridized carbons (Fsp3) is 0.267. The molecule has 3 aromatic rings. The Kier molecular flexibility index (Phi) is 4.43. The minimum absolute atomic E-state index is 0.815. The normalized spacial score (nSPS) is 10.8. The lowest BCUT2D eigenvalue weighted by Crippen LogP contribution is -1.99. The second-order valence-electron chi connectivity index (χ2n) is 4.75. The van der Waals surface area contributed by atoms with Crippen LogP contribution in [-0.4, -0.2) is 37.2 Å². The lowest BCUT2D eigenvalue weighted by atomic mass is 10.2. The quantitative estimate of drug-likeness (QED) is 0.654. The summed E-state index contributed by atoms with van der Waals surface area (Å²) in [5, 5.41) is 9.47. The van der Waals surface area contributed by atoms with Gasteiger partial charge in [-0.1, -0.05) is 23.9 Å². The molecule has 0 spiro atoms. The number of nitrogens with zero attached hydrogens (tertiary/aromatic N) is 5. The summed E-state index contributed by atoms with van der Waals surface area (Å²) in [4.78, 5) is 4.03. The van der Waals surface area contributed by atoms with Gasteiger partial charge in [0.25, 0.3) is 0 Å². The number of aryl methyl sites for hydroxylation is 1. The van der Waals surface area contributed by atoms with Crippen LogP contribution in [0.5, 0.6) is 5.75 Å². The van der Waals surface area contributed by atoms with Gasteiger partial charge in [0.15, 0.2) is 11.0 Å². The van der Waals surface area contributed by atoms with Crippen molar-refractivity contribution in [1.29, 1.82) is 0 Å². The zero-order valence-corrected chi connectivity index (χ0v) is 13.3. The molecule has 0 aliphatic heterocycles. The van der Waals surface area contributed by atoms with Gasteiger partial charge >= 0.3 is 0 Å². The zero-order chi connectivity index (χ0) is 15.4. The minimum Gasteiger partial charge on any atom is -0.497 e. The van der Waals surface area contributed by atoms with Gasteiger partial charge < -0.3 is 13.9 Å². The highest BCUT2D eigenvalue weighted by Gasteiger charge is 2.11. The molecule has 0 saturated heterocycles. The first-order valence-electron chi connectivity index (χ1n) is 6.90. The molecule has 0 aliphatic rings. The van der Waals surface area contributed by atoms with E-state index in [1.165, 1.54) is 0 Å². The van der Waals surface area contributed by atoms with Crippen molar-refractivity contribution in [2.24, 2.45) is 7.05 Å². The van der Waals surface area contributed by atoms with Crippen LogP contribution in [0.1, 0.15) is 0 Å². The molecular formula is C15H17N5OS. The van der Waals surface area contributed by atoms with E-state index in [1.54, 1.807) is 25.1 Å². The SMILES string of the molecule is COc1cccc(-c2nnc(SCCn3ccnc3)n2C)c1. The Morgan fingerprint density at radius 1 is 1.27 bits per heavy atom. The summed E-state index contributed by atoms with van der Waals surface area (Å²) < 4.78 is 9.31. The number of hydrogen-bond donors (Lipinski definition) is 0. The van der Waals surface area contributed by atoms with Gasteiger partial charge in [0.1, 0.15) is 5.75 Å². The fourth-order valence-electron chi connectivity index (χ4n) is 2.12. The maximum Gasteiger partial charge on any atom is 0.191 e. The number of benzene rings is 1. The Hall–Kier alpha value is -2.28. The third-order valence-electron chi connectivity index (χ3n) is 3.30. The van der Waals surface area contributed by atoms with Crippen LogP contribution in [0.2, 0.25) is 0 Å². The lowest BCUT2D eigenvalue weighted by molar-refractivity contribution is 0.415. The number of methoxy groups -OCH3 is 1. The Morgan fingerprint density at radius 2 is 2.18 bits per heavy atom. The van der Waals surface area contributed by atoms with Crippen molar-refractivity contribution in [3.05, 3.63) is 43.0 Å². The van der Waals surface area contributed by atoms with E-state index in [9.17, 15) is 0 Å². The van der Waals surface area contributed by atoms with E-state index in [1.807, 2.05) is 53.0 Å². The molecule has 0 bridgehead atoms. The molecule has 0 N–H and O–H groups in total. The van der Waals surface area contributed by atoms with E-state index in [4.69, 9.17) is 4.74 Å². The topological polar surface area (TPSA) is 57.8 Å². The van der Waals surface area contributed by atoms with E-state index < -0.39 is 0 Å². The molecule has 22 heavy (non-hydrogen) atoms. The third kappa shape index (κ3) is 3.14. The van der Waals surface area contributed by atoms with Gasteiger partial charge in [-0.15, -0.1) is 10.2 Å². The number of hydrogen-bond acceptors (Lipinski definition) is 5. The number of ether oxygens (including phenoxy) is 1. The molecule has 0 amide bonds. The van der Waals surface area contributed by atoms with E-state index >= 15 is 0 Å². The molecule has 0 saturated carbocycles. The van der Waals surface area contributed by atoms with Crippen LogP contribution in [-0.2, 0) is 13.6 Å². The van der Waals surface area contributed by atoms with Gasteiger partial charge in [-0.3, -0.25) is 0 Å². The Bertz CT molecular complexity index is 738. The smallest absolute Gasteiger partial charge is 0.191 e. The molecule has 114 valence electrons. The van der Waals surface area contributed by atoms with Gasteiger partial charge in [-0.2, -0.15) is 0 Å². The van der Waals surface area contributed by atoms with Gasteiger partial charge in [0.2, 0.25) is 0 Å². The van der Waals surface area contributed by atoms with Crippen LogP contribution >= 0.6 is 11.8 Å².